The summed E-state index contributed by atoms with van der Waals surface area (Å²) in [6.07, 6.45) is 5.80. The van der Waals surface area contributed by atoms with Gasteiger partial charge >= 0.3 is 0 Å². The first-order valence-electron chi connectivity index (χ1n) is 11.3. The molecule has 1 spiro atoms. The van der Waals surface area contributed by atoms with Crippen molar-refractivity contribution in [3.05, 3.63) is 24.2 Å². The van der Waals surface area contributed by atoms with Gasteiger partial charge in [-0.05, 0) is 25.0 Å². The van der Waals surface area contributed by atoms with Gasteiger partial charge in [0.05, 0.1) is 24.7 Å². The van der Waals surface area contributed by atoms with Gasteiger partial charge in [-0.25, -0.2) is 4.98 Å². The van der Waals surface area contributed by atoms with Gasteiger partial charge in [-0.15, -0.1) is 0 Å². The van der Waals surface area contributed by atoms with Gasteiger partial charge in [0.2, 0.25) is 17.6 Å². The van der Waals surface area contributed by atoms with Gasteiger partial charge in [0, 0.05) is 51.6 Å². The maximum absolute atomic E-state index is 13.3. The lowest BCUT2D eigenvalue weighted by Gasteiger charge is -2.40. The number of aromatic nitrogens is 3. The second-order valence-corrected chi connectivity index (χ2v) is 8.46. The number of carbonyl (C=O) groups excluding carboxylic acids is 1. The Labute approximate surface area is 181 Å². The topological polar surface area (TPSA) is 93.8 Å². The molecule has 1 amide bonds. The Bertz CT molecular complexity index is 916. The van der Waals surface area contributed by atoms with Crippen LogP contribution in [-0.2, 0) is 20.7 Å². The summed E-state index contributed by atoms with van der Waals surface area (Å²) >= 11 is 0. The van der Waals surface area contributed by atoms with Gasteiger partial charge in [0.25, 0.3) is 0 Å². The lowest BCUT2D eigenvalue weighted by atomic mass is 9.94. The molecule has 31 heavy (non-hydrogen) atoms. The lowest BCUT2D eigenvalue weighted by Crippen LogP contribution is -2.51. The summed E-state index contributed by atoms with van der Waals surface area (Å²) in [5.74, 6) is 1.69. The summed E-state index contributed by atoms with van der Waals surface area (Å²) in [6.45, 7) is 6.17. The molecule has 0 unspecified atom stereocenters. The van der Waals surface area contributed by atoms with E-state index in [9.17, 15) is 4.79 Å². The third kappa shape index (κ3) is 4.04. The van der Waals surface area contributed by atoms with Crippen LogP contribution in [-0.4, -0.2) is 71.1 Å². The Hall–Kier alpha value is -2.52. The zero-order valence-electron chi connectivity index (χ0n) is 18.0. The van der Waals surface area contributed by atoms with Crippen LogP contribution < -0.4 is 4.90 Å². The largest absolute Gasteiger partial charge is 0.355 e. The first-order chi connectivity index (χ1) is 15.2. The van der Waals surface area contributed by atoms with Crippen molar-refractivity contribution >= 4 is 11.7 Å². The zero-order valence-corrected chi connectivity index (χ0v) is 18.0. The second kappa shape index (κ2) is 8.55. The highest BCUT2D eigenvalue weighted by Crippen LogP contribution is 2.34. The van der Waals surface area contributed by atoms with Crippen LogP contribution in [0.3, 0.4) is 0 Å². The van der Waals surface area contributed by atoms with Gasteiger partial charge in [0.15, 0.2) is 5.79 Å². The van der Waals surface area contributed by atoms with E-state index < -0.39 is 5.79 Å². The normalized spacial score (nSPS) is 23.5. The van der Waals surface area contributed by atoms with Crippen molar-refractivity contribution in [3.63, 3.8) is 0 Å². The monoisotopic (exact) mass is 427 g/mol. The van der Waals surface area contributed by atoms with Crippen LogP contribution in [0.15, 0.2) is 22.9 Å². The molecule has 3 fully saturated rings. The number of piperidine rings is 2. The minimum atomic E-state index is -0.458. The predicted octanol–water partition coefficient (Wildman–Crippen LogP) is 2.28. The molecular weight excluding hydrogens is 398 g/mol. The number of likely N-dealkylation sites (tertiary alicyclic amines) is 1. The van der Waals surface area contributed by atoms with Crippen molar-refractivity contribution in [1.29, 1.82) is 0 Å². The van der Waals surface area contributed by atoms with E-state index >= 15 is 0 Å². The first-order valence-corrected chi connectivity index (χ1v) is 11.3. The Balaban J connectivity index is 1.28. The molecule has 0 bridgehead atoms. The Morgan fingerprint density at radius 2 is 2.03 bits per heavy atom. The van der Waals surface area contributed by atoms with Crippen LogP contribution in [0.2, 0.25) is 0 Å². The van der Waals surface area contributed by atoms with Crippen molar-refractivity contribution in [2.24, 2.45) is 5.92 Å². The fraction of sp³-hybridized carbons (Fsp3) is 0.636. The molecule has 1 atom stereocenters. The molecule has 5 heterocycles. The minimum Gasteiger partial charge on any atom is -0.355 e. The third-order valence-electron chi connectivity index (χ3n) is 6.52. The average Bonchev–Trinajstić information content (AvgIpc) is 3.49. The molecule has 0 N–H and O–H groups in total. The van der Waals surface area contributed by atoms with Crippen LogP contribution in [0.1, 0.15) is 38.5 Å². The molecule has 3 saturated heterocycles. The molecule has 0 radical (unpaired) electrons. The van der Waals surface area contributed by atoms with Gasteiger partial charge in [-0.2, -0.15) is 4.98 Å². The maximum Gasteiger partial charge on any atom is 0.227 e. The number of pyridine rings is 1. The fourth-order valence-electron chi connectivity index (χ4n) is 4.81. The lowest BCUT2D eigenvalue weighted by molar-refractivity contribution is -0.188. The Morgan fingerprint density at radius 1 is 1.23 bits per heavy atom. The summed E-state index contributed by atoms with van der Waals surface area (Å²) < 4.78 is 16.9. The zero-order chi connectivity index (χ0) is 21.3. The summed E-state index contributed by atoms with van der Waals surface area (Å²) in [6, 6.07) is 3.84. The van der Waals surface area contributed by atoms with Gasteiger partial charge in [-0.1, -0.05) is 12.1 Å². The third-order valence-corrected chi connectivity index (χ3v) is 6.52. The van der Waals surface area contributed by atoms with Crippen LogP contribution in [0.4, 0.5) is 5.82 Å². The number of hydrogen-bond donors (Lipinski definition) is 0. The number of anilines is 1. The van der Waals surface area contributed by atoms with Crippen LogP contribution in [0, 0.1) is 5.92 Å². The first kappa shape index (κ1) is 20.4. The minimum absolute atomic E-state index is 0.0421. The molecule has 3 aliphatic heterocycles. The molecule has 0 saturated carbocycles. The number of rotatable bonds is 4. The fourth-order valence-corrected chi connectivity index (χ4v) is 4.81. The van der Waals surface area contributed by atoms with Crippen molar-refractivity contribution in [2.45, 2.75) is 44.8 Å². The van der Waals surface area contributed by atoms with E-state index in [1.165, 1.54) is 0 Å². The highest BCUT2D eigenvalue weighted by atomic mass is 16.7. The summed E-state index contributed by atoms with van der Waals surface area (Å²) in [5, 5.41) is 4.12. The molecule has 0 aliphatic carbocycles. The number of nitrogens with zero attached hydrogens (tertiary/aromatic N) is 5. The number of aryl methyl sites for hydroxylation is 1. The van der Waals surface area contributed by atoms with Crippen LogP contribution in [0.25, 0.3) is 11.4 Å². The molecule has 5 rings (SSSR count). The summed E-state index contributed by atoms with van der Waals surface area (Å²) in [4.78, 5) is 26.6. The van der Waals surface area contributed by atoms with E-state index in [2.05, 4.69) is 20.0 Å². The van der Waals surface area contributed by atoms with Crippen LogP contribution in [0.5, 0.6) is 0 Å². The number of ether oxygens (including phenoxy) is 2. The smallest absolute Gasteiger partial charge is 0.227 e. The average molecular weight is 428 g/mol. The van der Waals surface area contributed by atoms with E-state index in [0.29, 0.717) is 51.0 Å². The molecule has 2 aromatic rings. The van der Waals surface area contributed by atoms with Gasteiger partial charge < -0.3 is 23.8 Å². The van der Waals surface area contributed by atoms with Crippen molar-refractivity contribution < 1.29 is 18.8 Å². The van der Waals surface area contributed by atoms with E-state index in [4.69, 9.17) is 14.0 Å². The van der Waals surface area contributed by atoms with E-state index in [0.717, 1.165) is 43.6 Å². The molecule has 0 aromatic carbocycles. The quantitative estimate of drug-likeness (QED) is 0.734. The predicted molar refractivity (Wildman–Crippen MR) is 112 cm³/mol. The molecule has 166 valence electrons. The van der Waals surface area contributed by atoms with Crippen molar-refractivity contribution in [3.8, 4) is 11.4 Å². The van der Waals surface area contributed by atoms with E-state index in [1.807, 2.05) is 24.0 Å². The van der Waals surface area contributed by atoms with E-state index in [-0.39, 0.29) is 11.8 Å². The summed E-state index contributed by atoms with van der Waals surface area (Å²) in [7, 11) is 0. The number of amides is 1. The summed E-state index contributed by atoms with van der Waals surface area (Å²) in [5.41, 5.74) is 0.842. The standard InChI is InChI=1S/C22H29N5O4/c1-2-18-24-19(25-31-18)17-6-3-9-23-20(17)27-10-4-5-16(15-27)21(28)26-11-7-22(8-12-26)29-13-14-30-22/h3,6,9,16H,2,4-5,7-8,10-15H2,1H3/t16-/m1/s1. The van der Waals surface area contributed by atoms with Crippen LogP contribution >= 0.6 is 0 Å². The molecular formula is C22H29N5O4. The number of hydrogen-bond acceptors (Lipinski definition) is 8. The highest BCUT2D eigenvalue weighted by Gasteiger charge is 2.42. The molecule has 3 aliphatic rings. The Kier molecular flexibility index (Phi) is 5.62. The molecule has 9 heteroatoms. The molecule has 2 aromatic heterocycles. The van der Waals surface area contributed by atoms with Crippen molar-refractivity contribution in [2.75, 3.05) is 44.3 Å². The number of carbonyl (C=O) groups is 1. The SMILES string of the molecule is CCc1nc(-c2cccnc2N2CCC[C@@H](C(=O)N3CCC4(CC3)OCCO4)C2)no1. The van der Waals surface area contributed by atoms with Gasteiger partial charge in [0.1, 0.15) is 5.82 Å². The Morgan fingerprint density at radius 3 is 2.77 bits per heavy atom. The molecule has 9 nitrogen and oxygen atoms in total. The van der Waals surface area contributed by atoms with Gasteiger partial charge in [-0.3, -0.25) is 4.79 Å². The maximum atomic E-state index is 13.3. The second-order valence-electron chi connectivity index (χ2n) is 8.46. The highest BCUT2D eigenvalue weighted by molar-refractivity contribution is 5.80. The van der Waals surface area contributed by atoms with Crippen molar-refractivity contribution in [1.82, 2.24) is 20.0 Å². The van der Waals surface area contributed by atoms with E-state index in [1.54, 1.807) is 6.20 Å².